The zero-order chi connectivity index (χ0) is 11.7. The van der Waals surface area contributed by atoms with E-state index in [9.17, 15) is 4.39 Å². The smallest absolute Gasteiger partial charge is 0.161 e. The van der Waals surface area contributed by atoms with Crippen LogP contribution in [0.4, 0.5) is 10.1 Å². The van der Waals surface area contributed by atoms with Crippen molar-refractivity contribution >= 4 is 21.6 Å². The number of hydrogen-bond acceptors (Lipinski definition) is 3. The predicted molar refractivity (Wildman–Crippen MR) is 63.6 cm³/mol. The quantitative estimate of drug-likeness (QED) is 0.858. The number of nitriles is 1. The minimum Gasteiger partial charge on any atom is -0.368 e. The lowest BCUT2D eigenvalue weighted by molar-refractivity contribution is 0.615. The van der Waals surface area contributed by atoms with Crippen LogP contribution in [0, 0.1) is 17.1 Å². The molecule has 1 saturated heterocycles. The third kappa shape index (κ3) is 1.91. The number of anilines is 1. The average Bonchev–Trinajstić information content (AvgIpc) is 2.69. The highest BCUT2D eigenvalue weighted by Gasteiger charge is 2.23. The van der Waals surface area contributed by atoms with Gasteiger partial charge in [0, 0.05) is 19.1 Å². The molecule has 1 aromatic carbocycles. The second-order valence-electron chi connectivity index (χ2n) is 3.87. The summed E-state index contributed by atoms with van der Waals surface area (Å²) in [6.07, 6.45) is 0.872. The Morgan fingerprint density at radius 3 is 2.88 bits per heavy atom. The molecule has 0 radical (unpaired) electrons. The molecule has 1 aliphatic rings. The molecule has 0 amide bonds. The van der Waals surface area contributed by atoms with Gasteiger partial charge in [0.05, 0.1) is 15.7 Å². The molecule has 3 nitrogen and oxygen atoms in total. The van der Waals surface area contributed by atoms with Gasteiger partial charge in [0.1, 0.15) is 6.07 Å². The molecule has 1 atom stereocenters. The van der Waals surface area contributed by atoms with Crippen LogP contribution in [0.1, 0.15) is 12.0 Å². The third-order valence-corrected chi connectivity index (χ3v) is 3.52. The Kier molecular flexibility index (Phi) is 3.13. The summed E-state index contributed by atoms with van der Waals surface area (Å²) in [5, 5.41) is 8.76. The van der Waals surface area contributed by atoms with E-state index in [1.54, 1.807) is 12.1 Å². The standard InChI is InChI=1S/C11H11BrFN3/c12-10-7(5-14)1-2-9(11(10)13)16-4-3-8(15)6-16/h1-2,8H,3-4,6,15H2. The molecular weight excluding hydrogens is 273 g/mol. The molecule has 1 heterocycles. The predicted octanol–water partition coefficient (Wildman–Crippen LogP) is 2.00. The highest BCUT2D eigenvalue weighted by molar-refractivity contribution is 9.10. The van der Waals surface area contributed by atoms with Gasteiger partial charge in [-0.1, -0.05) is 0 Å². The zero-order valence-corrected chi connectivity index (χ0v) is 10.2. The van der Waals surface area contributed by atoms with E-state index in [1.807, 2.05) is 11.0 Å². The first-order valence-electron chi connectivity index (χ1n) is 5.02. The topological polar surface area (TPSA) is 53.0 Å². The second-order valence-corrected chi connectivity index (χ2v) is 4.66. The molecule has 1 fully saturated rings. The minimum absolute atomic E-state index is 0.105. The molecule has 0 aromatic heterocycles. The van der Waals surface area contributed by atoms with Crippen molar-refractivity contribution in [2.45, 2.75) is 12.5 Å². The molecule has 16 heavy (non-hydrogen) atoms. The maximum atomic E-state index is 13.9. The molecule has 1 aliphatic heterocycles. The Bertz CT molecular complexity index is 455. The molecular formula is C11H11BrFN3. The van der Waals surface area contributed by atoms with Gasteiger partial charge in [0.25, 0.3) is 0 Å². The van der Waals surface area contributed by atoms with Crippen LogP contribution in [0.25, 0.3) is 0 Å². The number of nitrogens with zero attached hydrogens (tertiary/aromatic N) is 2. The van der Waals surface area contributed by atoms with E-state index in [0.717, 1.165) is 13.0 Å². The van der Waals surface area contributed by atoms with Crippen molar-refractivity contribution in [3.8, 4) is 6.07 Å². The van der Waals surface area contributed by atoms with E-state index in [1.165, 1.54) is 0 Å². The van der Waals surface area contributed by atoms with Crippen molar-refractivity contribution < 1.29 is 4.39 Å². The third-order valence-electron chi connectivity index (χ3n) is 2.75. The Balaban J connectivity index is 2.37. The normalized spacial score (nSPS) is 19.9. The number of halogens is 2. The Labute approximate surface area is 102 Å². The van der Waals surface area contributed by atoms with Gasteiger partial charge in [-0.15, -0.1) is 0 Å². The van der Waals surface area contributed by atoms with Gasteiger partial charge in [0.2, 0.25) is 0 Å². The van der Waals surface area contributed by atoms with E-state index in [0.29, 0.717) is 17.8 Å². The van der Waals surface area contributed by atoms with Crippen LogP contribution in [0.2, 0.25) is 0 Å². The van der Waals surface area contributed by atoms with Gasteiger partial charge in [-0.2, -0.15) is 5.26 Å². The summed E-state index contributed by atoms with van der Waals surface area (Å²) >= 11 is 3.10. The summed E-state index contributed by atoms with van der Waals surface area (Å²) in [6, 6.07) is 5.29. The SMILES string of the molecule is N#Cc1ccc(N2CCC(N)C2)c(F)c1Br. The van der Waals surface area contributed by atoms with E-state index in [2.05, 4.69) is 15.9 Å². The van der Waals surface area contributed by atoms with Crippen molar-refractivity contribution in [3.05, 3.63) is 28.0 Å². The molecule has 1 aromatic rings. The van der Waals surface area contributed by atoms with E-state index < -0.39 is 0 Å². The minimum atomic E-state index is -0.381. The number of rotatable bonds is 1. The average molecular weight is 284 g/mol. The maximum Gasteiger partial charge on any atom is 0.161 e. The molecule has 0 saturated carbocycles. The summed E-state index contributed by atoms with van der Waals surface area (Å²) in [6.45, 7) is 1.42. The zero-order valence-electron chi connectivity index (χ0n) is 8.58. The molecule has 0 spiro atoms. The Morgan fingerprint density at radius 2 is 2.31 bits per heavy atom. The Hall–Kier alpha value is -1.12. The van der Waals surface area contributed by atoms with Gasteiger partial charge >= 0.3 is 0 Å². The highest BCUT2D eigenvalue weighted by atomic mass is 79.9. The fraction of sp³-hybridized carbons (Fsp3) is 0.364. The molecule has 1 unspecified atom stereocenters. The lowest BCUT2D eigenvalue weighted by atomic mass is 10.2. The first-order chi connectivity index (χ1) is 7.63. The van der Waals surface area contributed by atoms with Gasteiger partial charge in [0.15, 0.2) is 5.82 Å². The fourth-order valence-corrected chi connectivity index (χ4v) is 2.30. The number of hydrogen-bond donors (Lipinski definition) is 1. The van der Waals surface area contributed by atoms with Crippen molar-refractivity contribution in [2.75, 3.05) is 18.0 Å². The summed E-state index contributed by atoms with van der Waals surface area (Å²) in [4.78, 5) is 1.91. The maximum absolute atomic E-state index is 13.9. The second kappa shape index (κ2) is 4.40. The van der Waals surface area contributed by atoms with Crippen molar-refractivity contribution in [2.24, 2.45) is 5.73 Å². The van der Waals surface area contributed by atoms with Gasteiger partial charge in [-0.3, -0.25) is 0 Å². The molecule has 2 N–H and O–H groups in total. The lowest BCUT2D eigenvalue weighted by Gasteiger charge is -2.19. The van der Waals surface area contributed by atoms with Crippen molar-refractivity contribution in [3.63, 3.8) is 0 Å². The first-order valence-corrected chi connectivity index (χ1v) is 5.81. The van der Waals surface area contributed by atoms with Crippen LogP contribution < -0.4 is 10.6 Å². The monoisotopic (exact) mass is 283 g/mol. The van der Waals surface area contributed by atoms with Gasteiger partial charge < -0.3 is 10.6 Å². The van der Waals surface area contributed by atoms with Crippen LogP contribution in [0.15, 0.2) is 16.6 Å². The molecule has 0 bridgehead atoms. The number of nitrogens with two attached hydrogens (primary N) is 1. The van der Waals surface area contributed by atoms with Gasteiger partial charge in [-0.25, -0.2) is 4.39 Å². The summed E-state index contributed by atoms with van der Waals surface area (Å²) in [5.41, 5.74) is 6.60. The van der Waals surface area contributed by atoms with Crippen molar-refractivity contribution in [1.29, 1.82) is 5.26 Å². The van der Waals surface area contributed by atoms with Crippen LogP contribution in [0.3, 0.4) is 0 Å². The van der Waals surface area contributed by atoms with Crippen LogP contribution >= 0.6 is 15.9 Å². The molecule has 0 aliphatic carbocycles. The van der Waals surface area contributed by atoms with Crippen LogP contribution in [-0.4, -0.2) is 19.1 Å². The fourth-order valence-electron chi connectivity index (χ4n) is 1.88. The largest absolute Gasteiger partial charge is 0.368 e. The van der Waals surface area contributed by atoms with E-state index >= 15 is 0 Å². The van der Waals surface area contributed by atoms with Crippen molar-refractivity contribution in [1.82, 2.24) is 0 Å². The molecule has 2 rings (SSSR count). The first kappa shape index (κ1) is 11.4. The molecule has 5 heteroatoms. The Morgan fingerprint density at radius 1 is 1.56 bits per heavy atom. The van der Waals surface area contributed by atoms with Crippen LogP contribution in [-0.2, 0) is 0 Å². The van der Waals surface area contributed by atoms with E-state index in [-0.39, 0.29) is 16.3 Å². The summed E-state index contributed by atoms with van der Waals surface area (Å²) in [7, 11) is 0. The lowest BCUT2D eigenvalue weighted by Crippen LogP contribution is -2.26. The molecule has 84 valence electrons. The van der Waals surface area contributed by atoms with Gasteiger partial charge in [-0.05, 0) is 34.5 Å². The highest BCUT2D eigenvalue weighted by Crippen LogP contribution is 2.30. The van der Waals surface area contributed by atoms with Crippen LogP contribution in [0.5, 0.6) is 0 Å². The summed E-state index contributed by atoms with van der Waals surface area (Å²) in [5.74, 6) is -0.381. The number of benzene rings is 1. The van der Waals surface area contributed by atoms with E-state index in [4.69, 9.17) is 11.0 Å². The summed E-state index contributed by atoms with van der Waals surface area (Å²) < 4.78 is 14.2.